The molecule has 3 aromatic rings. The van der Waals surface area contributed by atoms with Crippen LogP contribution in [0.25, 0.3) is 0 Å². The summed E-state index contributed by atoms with van der Waals surface area (Å²) >= 11 is 0. The third-order valence-electron chi connectivity index (χ3n) is 4.67. The summed E-state index contributed by atoms with van der Waals surface area (Å²) < 4.78 is 5.51. The van der Waals surface area contributed by atoms with Crippen molar-refractivity contribution in [3.63, 3.8) is 0 Å². The predicted octanol–water partition coefficient (Wildman–Crippen LogP) is 2.10. The fourth-order valence-electron chi connectivity index (χ4n) is 2.88. The summed E-state index contributed by atoms with van der Waals surface area (Å²) in [7, 11) is 0. The number of pyridine rings is 1. The quantitative estimate of drug-likeness (QED) is 0.257. The molecule has 0 saturated heterocycles. The van der Waals surface area contributed by atoms with Gasteiger partial charge in [0, 0.05) is 6.20 Å². The van der Waals surface area contributed by atoms with Crippen LogP contribution < -0.4 is 20.8 Å². The summed E-state index contributed by atoms with van der Waals surface area (Å²) in [4.78, 5) is 39.8. The van der Waals surface area contributed by atoms with Crippen molar-refractivity contribution in [3.8, 4) is 5.75 Å². The molecule has 1 aromatic heterocycles. The Bertz CT molecular complexity index is 1120. The Morgan fingerprint density at radius 2 is 1.71 bits per heavy atom. The molecular formula is C25H25N5O4. The number of rotatable bonds is 9. The Morgan fingerprint density at radius 1 is 0.971 bits per heavy atom. The van der Waals surface area contributed by atoms with Gasteiger partial charge in [-0.3, -0.25) is 19.4 Å². The lowest BCUT2D eigenvalue weighted by atomic mass is 10.1. The molecule has 9 nitrogen and oxygen atoms in total. The molecule has 3 amide bonds. The third kappa shape index (κ3) is 7.86. The Kier molecular flexibility index (Phi) is 8.86. The van der Waals surface area contributed by atoms with Crippen molar-refractivity contribution in [2.24, 2.45) is 5.10 Å². The van der Waals surface area contributed by atoms with Crippen molar-refractivity contribution < 1.29 is 19.1 Å². The molecule has 3 rings (SSSR count). The van der Waals surface area contributed by atoms with E-state index in [0.29, 0.717) is 17.0 Å². The van der Waals surface area contributed by atoms with Gasteiger partial charge in [-0.15, -0.1) is 0 Å². The average molecular weight is 460 g/mol. The van der Waals surface area contributed by atoms with Crippen LogP contribution in [0.3, 0.4) is 0 Å². The number of amides is 3. The Labute approximate surface area is 197 Å². The maximum Gasteiger partial charge on any atom is 0.329 e. The van der Waals surface area contributed by atoms with Gasteiger partial charge in [0.1, 0.15) is 5.75 Å². The molecule has 3 N–H and O–H groups in total. The number of hydrazone groups is 1. The van der Waals surface area contributed by atoms with Crippen molar-refractivity contribution in [3.05, 3.63) is 95.8 Å². The normalized spacial score (nSPS) is 11.4. The van der Waals surface area contributed by atoms with Gasteiger partial charge in [0.25, 0.3) is 5.91 Å². The van der Waals surface area contributed by atoms with Gasteiger partial charge in [-0.05, 0) is 54.4 Å². The smallest absolute Gasteiger partial charge is 0.329 e. The predicted molar refractivity (Wildman–Crippen MR) is 127 cm³/mol. The maximum atomic E-state index is 12.1. The van der Waals surface area contributed by atoms with Gasteiger partial charge in [0.15, 0.2) is 6.61 Å². The van der Waals surface area contributed by atoms with E-state index in [-0.39, 0.29) is 25.1 Å². The van der Waals surface area contributed by atoms with Gasteiger partial charge >= 0.3 is 11.8 Å². The zero-order valence-electron chi connectivity index (χ0n) is 18.6. The molecular weight excluding hydrogens is 434 g/mol. The number of hydrogen-bond donors (Lipinski definition) is 3. The lowest BCUT2D eigenvalue weighted by molar-refractivity contribution is -0.139. The van der Waals surface area contributed by atoms with Gasteiger partial charge in [0.2, 0.25) is 0 Å². The molecule has 0 bridgehead atoms. The molecule has 0 spiro atoms. The average Bonchev–Trinajstić information content (AvgIpc) is 2.87. The topological polar surface area (TPSA) is 122 Å². The van der Waals surface area contributed by atoms with Crippen LogP contribution in [-0.4, -0.2) is 35.5 Å². The van der Waals surface area contributed by atoms with Gasteiger partial charge in [-0.1, -0.05) is 36.4 Å². The van der Waals surface area contributed by atoms with Crippen LogP contribution >= 0.6 is 0 Å². The van der Waals surface area contributed by atoms with Crippen molar-refractivity contribution in [1.82, 2.24) is 21.0 Å². The Morgan fingerprint density at radius 3 is 2.41 bits per heavy atom. The SMILES string of the molecule is C[C@H](NC(=O)COc1ccc(/C=N\NC(=O)C(=O)NCc2ccccn2)cc1)c1ccccc1. The van der Waals surface area contributed by atoms with E-state index < -0.39 is 11.8 Å². The van der Waals surface area contributed by atoms with Crippen molar-refractivity contribution in [2.75, 3.05) is 6.61 Å². The molecule has 34 heavy (non-hydrogen) atoms. The molecule has 1 heterocycles. The lowest BCUT2D eigenvalue weighted by Crippen LogP contribution is -2.37. The van der Waals surface area contributed by atoms with Gasteiger partial charge in [-0.25, -0.2) is 5.43 Å². The summed E-state index contributed by atoms with van der Waals surface area (Å²) in [5, 5.41) is 9.12. The minimum Gasteiger partial charge on any atom is -0.484 e. The van der Waals surface area contributed by atoms with E-state index in [2.05, 4.69) is 26.1 Å². The van der Waals surface area contributed by atoms with E-state index in [0.717, 1.165) is 5.56 Å². The third-order valence-corrected chi connectivity index (χ3v) is 4.67. The molecule has 1 atom stereocenters. The van der Waals surface area contributed by atoms with Crippen LogP contribution in [0.2, 0.25) is 0 Å². The molecule has 0 radical (unpaired) electrons. The first-order valence-electron chi connectivity index (χ1n) is 10.6. The standard InChI is InChI=1S/C25H25N5O4/c1-18(20-7-3-2-4-8-20)29-23(31)17-34-22-12-10-19(11-13-22)15-28-30-25(33)24(32)27-16-21-9-5-6-14-26-21/h2-15,18H,16-17H2,1H3,(H,27,32)(H,29,31)(H,30,33)/b28-15-/t18-/m0/s1. The second kappa shape index (κ2) is 12.5. The van der Waals surface area contributed by atoms with E-state index in [1.54, 1.807) is 48.7 Å². The van der Waals surface area contributed by atoms with Crippen molar-refractivity contribution >= 4 is 23.9 Å². The van der Waals surface area contributed by atoms with Crippen LogP contribution in [0.1, 0.15) is 29.8 Å². The molecule has 9 heteroatoms. The van der Waals surface area contributed by atoms with E-state index in [9.17, 15) is 14.4 Å². The van der Waals surface area contributed by atoms with Crippen LogP contribution in [-0.2, 0) is 20.9 Å². The molecule has 0 saturated carbocycles. The molecule has 0 aliphatic carbocycles. The minimum absolute atomic E-state index is 0.117. The first-order chi connectivity index (χ1) is 16.5. The number of ether oxygens (including phenoxy) is 1. The highest BCUT2D eigenvalue weighted by Crippen LogP contribution is 2.13. The molecule has 2 aromatic carbocycles. The van der Waals surface area contributed by atoms with E-state index >= 15 is 0 Å². The number of carbonyl (C=O) groups excluding carboxylic acids is 3. The zero-order chi connectivity index (χ0) is 24.2. The maximum absolute atomic E-state index is 12.1. The molecule has 0 unspecified atom stereocenters. The van der Waals surface area contributed by atoms with Gasteiger partial charge in [-0.2, -0.15) is 5.10 Å². The van der Waals surface area contributed by atoms with Crippen LogP contribution in [0.4, 0.5) is 0 Å². The fourth-order valence-corrected chi connectivity index (χ4v) is 2.88. The number of nitrogens with zero attached hydrogens (tertiary/aromatic N) is 2. The first-order valence-corrected chi connectivity index (χ1v) is 10.6. The molecule has 174 valence electrons. The Balaban J connectivity index is 1.38. The highest BCUT2D eigenvalue weighted by atomic mass is 16.5. The number of hydrogen-bond acceptors (Lipinski definition) is 6. The van der Waals surface area contributed by atoms with E-state index in [4.69, 9.17) is 4.74 Å². The molecule has 0 aliphatic heterocycles. The van der Waals surface area contributed by atoms with Crippen LogP contribution in [0.15, 0.2) is 84.1 Å². The van der Waals surface area contributed by atoms with Crippen LogP contribution in [0, 0.1) is 0 Å². The van der Waals surface area contributed by atoms with Gasteiger partial charge < -0.3 is 15.4 Å². The van der Waals surface area contributed by atoms with Gasteiger partial charge in [0.05, 0.1) is 24.5 Å². The van der Waals surface area contributed by atoms with Crippen molar-refractivity contribution in [1.29, 1.82) is 0 Å². The number of aromatic nitrogens is 1. The fraction of sp³-hybridized carbons (Fsp3) is 0.160. The summed E-state index contributed by atoms with van der Waals surface area (Å²) in [6.07, 6.45) is 2.99. The Hall–Kier alpha value is -4.53. The second-order valence-electron chi connectivity index (χ2n) is 7.26. The highest BCUT2D eigenvalue weighted by Gasteiger charge is 2.12. The monoisotopic (exact) mass is 459 g/mol. The number of carbonyl (C=O) groups is 3. The minimum atomic E-state index is -0.886. The highest BCUT2D eigenvalue weighted by molar-refractivity contribution is 6.35. The summed E-state index contributed by atoms with van der Waals surface area (Å²) in [5.41, 5.74) is 4.49. The largest absolute Gasteiger partial charge is 0.484 e. The van der Waals surface area contributed by atoms with E-state index in [1.165, 1.54) is 6.21 Å². The van der Waals surface area contributed by atoms with E-state index in [1.807, 2.05) is 37.3 Å². The lowest BCUT2D eigenvalue weighted by Gasteiger charge is -2.14. The van der Waals surface area contributed by atoms with Crippen molar-refractivity contribution in [2.45, 2.75) is 19.5 Å². The molecule has 0 fully saturated rings. The summed E-state index contributed by atoms with van der Waals surface area (Å²) in [6, 6.07) is 21.6. The number of benzene rings is 2. The first kappa shape index (κ1) is 24.1. The molecule has 0 aliphatic rings. The van der Waals surface area contributed by atoms with Crippen LogP contribution in [0.5, 0.6) is 5.75 Å². The summed E-state index contributed by atoms with van der Waals surface area (Å²) in [6.45, 7) is 1.93. The number of nitrogens with one attached hydrogen (secondary N) is 3. The second-order valence-corrected chi connectivity index (χ2v) is 7.26. The zero-order valence-corrected chi connectivity index (χ0v) is 18.6. The summed E-state index contributed by atoms with van der Waals surface area (Å²) in [5.74, 6) is -1.42.